The van der Waals surface area contributed by atoms with E-state index in [9.17, 15) is 0 Å². The molecule has 0 aliphatic heterocycles. The molecular formula is C14H19N3S. The summed E-state index contributed by atoms with van der Waals surface area (Å²) >= 11 is 5.48. The van der Waals surface area contributed by atoms with E-state index in [0.717, 1.165) is 28.3 Å². The summed E-state index contributed by atoms with van der Waals surface area (Å²) in [7, 11) is 0. The minimum Gasteiger partial charge on any atom is -0.329 e. The molecule has 3 rings (SSSR count). The van der Waals surface area contributed by atoms with Crippen molar-refractivity contribution in [1.82, 2.24) is 14.5 Å². The van der Waals surface area contributed by atoms with Gasteiger partial charge in [0.25, 0.3) is 0 Å². The molecule has 1 aliphatic rings. The van der Waals surface area contributed by atoms with Crippen LogP contribution in [0.5, 0.6) is 0 Å². The average Bonchev–Trinajstić information content (AvgIpc) is 3.09. The Balaban J connectivity index is 2.08. The Bertz CT molecular complexity index is 621. The van der Waals surface area contributed by atoms with Gasteiger partial charge in [0.1, 0.15) is 0 Å². The Morgan fingerprint density at radius 2 is 2.33 bits per heavy atom. The number of aromatic nitrogens is 3. The second-order valence-corrected chi connectivity index (χ2v) is 5.81. The molecule has 1 N–H and O–H groups in total. The van der Waals surface area contributed by atoms with E-state index >= 15 is 0 Å². The molecule has 1 atom stereocenters. The molecule has 1 unspecified atom stereocenters. The van der Waals surface area contributed by atoms with Crippen LogP contribution in [0.1, 0.15) is 44.2 Å². The minimum absolute atomic E-state index is 0.494. The number of imidazole rings is 1. The zero-order chi connectivity index (χ0) is 12.7. The zero-order valence-electron chi connectivity index (χ0n) is 10.9. The lowest BCUT2D eigenvalue weighted by Gasteiger charge is -2.16. The van der Waals surface area contributed by atoms with Crippen LogP contribution in [-0.2, 0) is 0 Å². The van der Waals surface area contributed by atoms with Crippen LogP contribution in [0.4, 0.5) is 0 Å². The maximum Gasteiger partial charge on any atom is 0.179 e. The van der Waals surface area contributed by atoms with Gasteiger partial charge >= 0.3 is 0 Å². The Morgan fingerprint density at radius 3 is 3.00 bits per heavy atom. The molecule has 1 saturated carbocycles. The number of aromatic amines is 1. The van der Waals surface area contributed by atoms with Gasteiger partial charge in [0.2, 0.25) is 0 Å². The number of pyridine rings is 1. The van der Waals surface area contributed by atoms with Gasteiger partial charge in [-0.05, 0) is 49.5 Å². The molecule has 0 spiro atoms. The van der Waals surface area contributed by atoms with E-state index < -0.39 is 0 Å². The molecule has 0 aromatic carbocycles. The lowest BCUT2D eigenvalue weighted by atomic mass is 10.1. The van der Waals surface area contributed by atoms with Crippen LogP contribution in [0.15, 0.2) is 12.3 Å². The quantitative estimate of drug-likeness (QED) is 0.839. The maximum atomic E-state index is 5.48. The lowest BCUT2D eigenvalue weighted by Crippen LogP contribution is -2.09. The van der Waals surface area contributed by atoms with E-state index in [1.807, 2.05) is 6.20 Å². The largest absolute Gasteiger partial charge is 0.329 e. The van der Waals surface area contributed by atoms with Gasteiger partial charge in [0.05, 0.1) is 5.52 Å². The first kappa shape index (κ1) is 11.9. The average molecular weight is 261 g/mol. The second kappa shape index (κ2) is 4.50. The zero-order valence-corrected chi connectivity index (χ0v) is 11.8. The molecule has 2 heterocycles. The fourth-order valence-electron chi connectivity index (χ4n) is 2.65. The predicted molar refractivity (Wildman–Crippen MR) is 76.3 cm³/mol. The molecule has 4 heteroatoms. The molecule has 0 radical (unpaired) electrons. The Labute approximate surface area is 112 Å². The molecule has 0 amide bonds. The standard InChI is InChI=1S/C14H19N3S/c1-3-11(7-10-4-5-10)17-13-12(16-14(17)18)6-9(2)8-15-13/h6,8,10-11H,3-5,7H2,1-2H3,(H,16,18). The van der Waals surface area contributed by atoms with Crippen molar-refractivity contribution in [1.29, 1.82) is 0 Å². The highest BCUT2D eigenvalue weighted by molar-refractivity contribution is 7.71. The van der Waals surface area contributed by atoms with Crippen LogP contribution in [0, 0.1) is 17.6 Å². The van der Waals surface area contributed by atoms with Crippen molar-refractivity contribution in [3.63, 3.8) is 0 Å². The lowest BCUT2D eigenvalue weighted by molar-refractivity contribution is 0.432. The molecule has 3 nitrogen and oxygen atoms in total. The maximum absolute atomic E-state index is 5.48. The van der Waals surface area contributed by atoms with Gasteiger partial charge in [-0.2, -0.15) is 0 Å². The summed E-state index contributed by atoms with van der Waals surface area (Å²) in [4.78, 5) is 7.85. The van der Waals surface area contributed by atoms with E-state index in [1.54, 1.807) is 0 Å². The molecule has 1 fully saturated rings. The number of nitrogens with zero attached hydrogens (tertiary/aromatic N) is 2. The topological polar surface area (TPSA) is 33.6 Å². The van der Waals surface area contributed by atoms with Crippen molar-refractivity contribution in [2.24, 2.45) is 5.92 Å². The van der Waals surface area contributed by atoms with E-state index in [4.69, 9.17) is 12.2 Å². The van der Waals surface area contributed by atoms with Crippen molar-refractivity contribution < 1.29 is 0 Å². The Hall–Kier alpha value is -1.16. The predicted octanol–water partition coefficient (Wildman–Crippen LogP) is 4.15. The van der Waals surface area contributed by atoms with E-state index in [-0.39, 0.29) is 0 Å². The number of nitrogens with one attached hydrogen (secondary N) is 1. The fourth-order valence-corrected chi connectivity index (χ4v) is 2.99. The number of hydrogen-bond donors (Lipinski definition) is 1. The number of aryl methyl sites for hydroxylation is 1. The normalized spacial score (nSPS) is 17.2. The van der Waals surface area contributed by atoms with Gasteiger partial charge in [-0.1, -0.05) is 19.8 Å². The Kier molecular flexibility index (Phi) is 2.98. The van der Waals surface area contributed by atoms with Gasteiger partial charge < -0.3 is 4.98 Å². The van der Waals surface area contributed by atoms with Crippen LogP contribution < -0.4 is 0 Å². The van der Waals surface area contributed by atoms with Crippen molar-refractivity contribution in [3.8, 4) is 0 Å². The van der Waals surface area contributed by atoms with E-state index in [1.165, 1.54) is 24.8 Å². The summed E-state index contributed by atoms with van der Waals surface area (Å²) in [6.07, 6.45) is 7.06. The fraction of sp³-hybridized carbons (Fsp3) is 0.571. The minimum atomic E-state index is 0.494. The van der Waals surface area contributed by atoms with Gasteiger partial charge in [-0.25, -0.2) is 4.98 Å². The van der Waals surface area contributed by atoms with Crippen molar-refractivity contribution >= 4 is 23.4 Å². The molecule has 1 aliphatic carbocycles. The second-order valence-electron chi connectivity index (χ2n) is 5.43. The highest BCUT2D eigenvalue weighted by Crippen LogP contribution is 2.38. The number of H-pyrrole nitrogens is 1. The van der Waals surface area contributed by atoms with Crippen LogP contribution in [0.25, 0.3) is 11.2 Å². The smallest absolute Gasteiger partial charge is 0.179 e. The molecular weight excluding hydrogens is 242 g/mol. The Morgan fingerprint density at radius 1 is 1.56 bits per heavy atom. The van der Waals surface area contributed by atoms with Crippen LogP contribution in [0.3, 0.4) is 0 Å². The van der Waals surface area contributed by atoms with Gasteiger partial charge in [-0.15, -0.1) is 0 Å². The van der Waals surface area contributed by atoms with E-state index in [2.05, 4.69) is 34.4 Å². The first-order chi connectivity index (χ1) is 8.69. The molecule has 2 aromatic rings. The van der Waals surface area contributed by atoms with Crippen molar-refractivity contribution in [3.05, 3.63) is 22.6 Å². The molecule has 0 saturated heterocycles. The first-order valence-corrected chi connectivity index (χ1v) is 7.16. The third kappa shape index (κ3) is 2.09. The number of hydrogen-bond acceptors (Lipinski definition) is 2. The number of rotatable bonds is 4. The van der Waals surface area contributed by atoms with Crippen molar-refractivity contribution in [2.75, 3.05) is 0 Å². The molecule has 2 aromatic heterocycles. The van der Waals surface area contributed by atoms with Crippen molar-refractivity contribution in [2.45, 2.75) is 45.6 Å². The summed E-state index contributed by atoms with van der Waals surface area (Å²) in [5.74, 6) is 0.909. The monoisotopic (exact) mass is 261 g/mol. The molecule has 96 valence electrons. The van der Waals surface area contributed by atoms with Gasteiger partial charge in [-0.3, -0.25) is 4.57 Å². The highest BCUT2D eigenvalue weighted by Gasteiger charge is 2.26. The molecule has 18 heavy (non-hydrogen) atoms. The highest BCUT2D eigenvalue weighted by atomic mass is 32.1. The third-order valence-electron chi connectivity index (χ3n) is 3.83. The van der Waals surface area contributed by atoms with Crippen LogP contribution in [-0.4, -0.2) is 14.5 Å². The SMILES string of the molecule is CCC(CC1CC1)n1c(=S)[nH]c2cc(C)cnc21. The van der Waals surface area contributed by atoms with Gasteiger partial charge in [0.15, 0.2) is 10.4 Å². The summed E-state index contributed by atoms with van der Waals surface area (Å²) < 4.78 is 3.04. The van der Waals surface area contributed by atoms with E-state index in [0.29, 0.717) is 6.04 Å². The first-order valence-electron chi connectivity index (χ1n) is 6.76. The molecule has 0 bridgehead atoms. The van der Waals surface area contributed by atoms with Crippen LogP contribution >= 0.6 is 12.2 Å². The summed E-state index contributed by atoms with van der Waals surface area (Å²) in [5, 5.41) is 0. The number of fused-ring (bicyclic) bond motifs is 1. The van der Waals surface area contributed by atoms with Crippen LogP contribution in [0.2, 0.25) is 0 Å². The third-order valence-corrected chi connectivity index (χ3v) is 4.13. The summed E-state index contributed by atoms with van der Waals surface area (Å²) in [6.45, 7) is 4.30. The summed E-state index contributed by atoms with van der Waals surface area (Å²) in [5.41, 5.74) is 3.24. The van der Waals surface area contributed by atoms with Gasteiger partial charge in [0, 0.05) is 12.2 Å². The summed E-state index contributed by atoms with van der Waals surface area (Å²) in [6, 6.07) is 2.62.